The predicted molar refractivity (Wildman–Crippen MR) is 94.4 cm³/mol. The first kappa shape index (κ1) is 17.2. The molecule has 1 aliphatic heterocycles. The van der Waals surface area contributed by atoms with Crippen molar-refractivity contribution in [2.24, 2.45) is 7.05 Å². The van der Waals surface area contributed by atoms with Gasteiger partial charge in [0.25, 0.3) is 0 Å². The highest BCUT2D eigenvalue weighted by Crippen LogP contribution is 2.31. The lowest BCUT2D eigenvalue weighted by Crippen LogP contribution is -2.36. The topological polar surface area (TPSA) is 55.2 Å². The molecule has 0 spiro atoms. The Morgan fingerprint density at radius 3 is 2.54 bits per heavy atom. The number of hydrogen-bond acceptors (Lipinski definition) is 3. The third-order valence-corrected chi connectivity index (χ3v) is 7.15. The second kappa shape index (κ2) is 6.69. The van der Waals surface area contributed by atoms with Gasteiger partial charge in [0.2, 0.25) is 10.0 Å². The maximum atomic E-state index is 13.2. The van der Waals surface area contributed by atoms with Crippen molar-refractivity contribution in [2.45, 2.75) is 50.5 Å². The summed E-state index contributed by atoms with van der Waals surface area (Å²) in [4.78, 5) is 0.386. The Labute approximate surface area is 144 Å². The van der Waals surface area contributed by atoms with Crippen LogP contribution in [0.15, 0.2) is 35.2 Å². The molecule has 0 aliphatic carbocycles. The fraction of sp³-hybridized carbons (Fsp3) is 0.500. The van der Waals surface area contributed by atoms with Crippen molar-refractivity contribution in [1.29, 1.82) is 0 Å². The molecular formula is C18H25N3O2S. The largest absolute Gasteiger partial charge is 0.271 e. The summed E-state index contributed by atoms with van der Waals surface area (Å²) < 4.78 is 29.7. The zero-order valence-corrected chi connectivity index (χ0v) is 15.4. The van der Waals surface area contributed by atoms with Crippen molar-refractivity contribution in [3.05, 3.63) is 47.3 Å². The van der Waals surface area contributed by atoms with E-state index in [1.165, 1.54) is 5.56 Å². The molecule has 1 aromatic carbocycles. The Balaban J connectivity index is 1.81. The molecular weight excluding hydrogens is 322 g/mol. The van der Waals surface area contributed by atoms with E-state index in [0.717, 1.165) is 25.7 Å². The molecule has 2 aromatic rings. The Bertz CT molecular complexity index is 812. The van der Waals surface area contributed by atoms with Crippen LogP contribution in [0.5, 0.6) is 0 Å². The van der Waals surface area contributed by atoms with Crippen molar-refractivity contribution in [3.8, 4) is 0 Å². The lowest BCUT2D eigenvalue weighted by molar-refractivity contribution is 0.370. The van der Waals surface area contributed by atoms with Gasteiger partial charge in [-0.1, -0.05) is 30.3 Å². The molecule has 6 heteroatoms. The van der Waals surface area contributed by atoms with Crippen LogP contribution in [0.25, 0.3) is 0 Å². The minimum absolute atomic E-state index is 0.0780. The van der Waals surface area contributed by atoms with E-state index in [1.807, 2.05) is 25.1 Å². The lowest BCUT2D eigenvalue weighted by Gasteiger charge is -2.24. The van der Waals surface area contributed by atoms with Crippen LogP contribution in [-0.2, 0) is 23.5 Å². The second-order valence-corrected chi connectivity index (χ2v) is 8.39. The SMILES string of the molecule is Cc1nn(C)c(C)c1S(=O)(=O)N1CCCC1CCc1ccccc1. The number of rotatable bonds is 5. The van der Waals surface area contributed by atoms with E-state index < -0.39 is 10.0 Å². The van der Waals surface area contributed by atoms with Crippen LogP contribution in [-0.4, -0.2) is 35.1 Å². The van der Waals surface area contributed by atoms with E-state index in [-0.39, 0.29) is 6.04 Å². The molecule has 1 saturated heterocycles. The molecule has 0 bridgehead atoms. The van der Waals surface area contributed by atoms with Crippen LogP contribution in [0.4, 0.5) is 0 Å². The summed E-state index contributed by atoms with van der Waals surface area (Å²) in [5.74, 6) is 0. The number of sulfonamides is 1. The zero-order chi connectivity index (χ0) is 17.3. The molecule has 3 rings (SSSR count). The molecule has 2 heterocycles. The molecule has 0 amide bonds. The molecule has 5 nitrogen and oxygen atoms in total. The van der Waals surface area contributed by atoms with Crippen molar-refractivity contribution in [3.63, 3.8) is 0 Å². The van der Waals surface area contributed by atoms with Gasteiger partial charge in [0.15, 0.2) is 0 Å². The van der Waals surface area contributed by atoms with Gasteiger partial charge in [-0.2, -0.15) is 9.40 Å². The standard InChI is InChI=1S/C18H25N3O2S/c1-14-18(15(2)20(3)19-14)24(22,23)21-13-7-10-17(21)12-11-16-8-5-4-6-9-16/h4-6,8-9,17H,7,10-13H2,1-3H3. The fourth-order valence-electron chi connectivity index (χ4n) is 3.64. The van der Waals surface area contributed by atoms with Crippen molar-refractivity contribution in [2.75, 3.05) is 6.54 Å². The van der Waals surface area contributed by atoms with E-state index >= 15 is 0 Å². The third-order valence-electron chi connectivity index (χ3n) is 4.94. The average Bonchev–Trinajstić information content (AvgIpc) is 3.12. The van der Waals surface area contributed by atoms with Gasteiger partial charge in [0, 0.05) is 19.6 Å². The number of nitrogens with zero attached hydrogens (tertiary/aromatic N) is 3. The molecule has 0 N–H and O–H groups in total. The monoisotopic (exact) mass is 347 g/mol. The summed E-state index contributed by atoms with van der Waals surface area (Å²) in [6, 6.07) is 10.3. The van der Waals surface area contributed by atoms with Crippen LogP contribution in [0.2, 0.25) is 0 Å². The van der Waals surface area contributed by atoms with Gasteiger partial charge in [0.1, 0.15) is 4.90 Å². The molecule has 1 aliphatic rings. The van der Waals surface area contributed by atoms with E-state index in [2.05, 4.69) is 17.2 Å². The van der Waals surface area contributed by atoms with Crippen molar-refractivity contribution < 1.29 is 8.42 Å². The Morgan fingerprint density at radius 1 is 1.21 bits per heavy atom. The van der Waals surface area contributed by atoms with Gasteiger partial charge < -0.3 is 0 Å². The fourth-order valence-corrected chi connectivity index (χ4v) is 5.76. The number of aryl methyl sites for hydroxylation is 3. The second-order valence-electron chi connectivity index (χ2n) is 6.56. The van der Waals surface area contributed by atoms with E-state index in [9.17, 15) is 8.42 Å². The molecule has 1 atom stereocenters. The summed E-state index contributed by atoms with van der Waals surface area (Å²) in [5.41, 5.74) is 2.56. The number of aromatic nitrogens is 2. The summed E-state index contributed by atoms with van der Waals surface area (Å²) >= 11 is 0. The Kier molecular flexibility index (Phi) is 4.78. The summed E-state index contributed by atoms with van der Waals surface area (Å²) in [5, 5.41) is 4.28. The quantitative estimate of drug-likeness (QED) is 0.836. The lowest BCUT2D eigenvalue weighted by atomic mass is 10.0. The number of hydrogen-bond donors (Lipinski definition) is 0. The maximum Gasteiger partial charge on any atom is 0.246 e. The van der Waals surface area contributed by atoms with Gasteiger partial charge in [0.05, 0.1) is 11.4 Å². The van der Waals surface area contributed by atoms with Crippen LogP contribution >= 0.6 is 0 Å². The smallest absolute Gasteiger partial charge is 0.246 e. The van der Waals surface area contributed by atoms with E-state index in [0.29, 0.717) is 22.8 Å². The summed E-state index contributed by atoms with van der Waals surface area (Å²) in [6.07, 6.45) is 3.63. The normalized spacial score (nSPS) is 19.0. The van der Waals surface area contributed by atoms with E-state index in [1.54, 1.807) is 23.0 Å². The molecule has 1 fully saturated rings. The van der Waals surface area contributed by atoms with Crippen LogP contribution in [0.3, 0.4) is 0 Å². The predicted octanol–water partition coefficient (Wildman–Crippen LogP) is 2.82. The molecule has 130 valence electrons. The highest BCUT2D eigenvalue weighted by atomic mass is 32.2. The highest BCUT2D eigenvalue weighted by molar-refractivity contribution is 7.89. The van der Waals surface area contributed by atoms with Gasteiger partial charge in [-0.25, -0.2) is 8.42 Å². The van der Waals surface area contributed by atoms with Crippen molar-refractivity contribution >= 4 is 10.0 Å². The molecule has 0 radical (unpaired) electrons. The number of benzene rings is 1. The highest BCUT2D eigenvalue weighted by Gasteiger charge is 2.37. The first-order valence-electron chi connectivity index (χ1n) is 8.47. The van der Waals surface area contributed by atoms with Crippen LogP contribution in [0.1, 0.15) is 36.2 Å². The van der Waals surface area contributed by atoms with Gasteiger partial charge >= 0.3 is 0 Å². The Hall–Kier alpha value is -1.66. The maximum absolute atomic E-state index is 13.2. The first-order chi connectivity index (χ1) is 11.4. The van der Waals surface area contributed by atoms with Gasteiger partial charge in [-0.05, 0) is 45.1 Å². The molecule has 1 unspecified atom stereocenters. The van der Waals surface area contributed by atoms with Gasteiger partial charge in [-0.15, -0.1) is 0 Å². The zero-order valence-electron chi connectivity index (χ0n) is 14.6. The molecule has 24 heavy (non-hydrogen) atoms. The Morgan fingerprint density at radius 2 is 1.92 bits per heavy atom. The minimum Gasteiger partial charge on any atom is -0.271 e. The van der Waals surface area contributed by atoms with Crippen LogP contribution in [0, 0.1) is 13.8 Å². The molecule has 0 saturated carbocycles. The first-order valence-corrected chi connectivity index (χ1v) is 9.91. The average molecular weight is 347 g/mol. The van der Waals surface area contributed by atoms with Crippen LogP contribution < -0.4 is 0 Å². The summed E-state index contributed by atoms with van der Waals surface area (Å²) in [7, 11) is -1.69. The third kappa shape index (κ3) is 3.13. The minimum atomic E-state index is -3.48. The van der Waals surface area contributed by atoms with Gasteiger partial charge in [-0.3, -0.25) is 4.68 Å². The summed E-state index contributed by atoms with van der Waals surface area (Å²) in [6.45, 7) is 4.20. The van der Waals surface area contributed by atoms with E-state index in [4.69, 9.17) is 0 Å². The van der Waals surface area contributed by atoms with Crippen molar-refractivity contribution in [1.82, 2.24) is 14.1 Å². The molecule has 1 aromatic heterocycles.